The van der Waals surface area contributed by atoms with Crippen LogP contribution in [0, 0.1) is 5.92 Å². The van der Waals surface area contributed by atoms with E-state index in [4.69, 9.17) is 0 Å². The van der Waals surface area contributed by atoms with E-state index in [0.717, 1.165) is 6.42 Å². The molecule has 0 saturated carbocycles. The second-order valence-corrected chi connectivity index (χ2v) is 6.15. The third-order valence-electron chi connectivity index (χ3n) is 3.65. The summed E-state index contributed by atoms with van der Waals surface area (Å²) >= 11 is 0. The van der Waals surface area contributed by atoms with Gasteiger partial charge in [-0.1, -0.05) is 39.0 Å². The number of amides is 2. The zero-order chi connectivity index (χ0) is 18.8. The number of carbonyl (C=O) groups is 2. The number of halogens is 2. The molecule has 0 aliphatic carbocycles. The van der Waals surface area contributed by atoms with Crippen LogP contribution in [-0.4, -0.2) is 25.0 Å². The van der Waals surface area contributed by atoms with Crippen molar-refractivity contribution < 1.29 is 23.1 Å². The van der Waals surface area contributed by atoms with Gasteiger partial charge in [-0.25, -0.2) is 0 Å². The van der Waals surface area contributed by atoms with Crippen molar-refractivity contribution in [2.75, 3.05) is 6.54 Å². The summed E-state index contributed by atoms with van der Waals surface area (Å²) in [6.45, 7) is 2.78. The number of hydrogen-bond donors (Lipinski definition) is 2. The van der Waals surface area contributed by atoms with Gasteiger partial charge in [0.1, 0.15) is 5.75 Å². The third-order valence-corrected chi connectivity index (χ3v) is 3.65. The van der Waals surface area contributed by atoms with Crippen LogP contribution in [0.15, 0.2) is 24.3 Å². The highest BCUT2D eigenvalue weighted by atomic mass is 19.3. The molecular formula is C18H26F2N2O3. The van der Waals surface area contributed by atoms with Gasteiger partial charge in [0.2, 0.25) is 11.8 Å². The number of para-hydroxylation sites is 1. The molecule has 0 heterocycles. The van der Waals surface area contributed by atoms with E-state index in [1.165, 1.54) is 6.07 Å². The predicted octanol–water partition coefficient (Wildman–Crippen LogP) is 3.41. The Balaban J connectivity index is 2.61. The number of alkyl halides is 2. The van der Waals surface area contributed by atoms with Gasteiger partial charge in [-0.2, -0.15) is 8.78 Å². The highest BCUT2D eigenvalue weighted by Gasteiger charge is 2.19. The fourth-order valence-electron chi connectivity index (χ4n) is 2.30. The highest BCUT2D eigenvalue weighted by molar-refractivity contribution is 5.84. The van der Waals surface area contributed by atoms with E-state index in [1.54, 1.807) is 18.2 Å². The molecule has 1 aromatic carbocycles. The first-order valence-corrected chi connectivity index (χ1v) is 8.43. The lowest BCUT2D eigenvalue weighted by Gasteiger charge is -2.20. The van der Waals surface area contributed by atoms with Crippen LogP contribution >= 0.6 is 0 Å². The Morgan fingerprint density at radius 1 is 1.16 bits per heavy atom. The lowest BCUT2D eigenvalue weighted by atomic mass is 10.0. The fraction of sp³-hybridized carbons (Fsp3) is 0.556. The van der Waals surface area contributed by atoms with Crippen LogP contribution in [0.1, 0.15) is 51.6 Å². The quantitative estimate of drug-likeness (QED) is 0.675. The minimum absolute atomic E-state index is 0.0330. The van der Waals surface area contributed by atoms with Crippen LogP contribution in [-0.2, 0) is 9.59 Å². The molecule has 2 N–H and O–H groups in total. The molecule has 0 fully saturated rings. The van der Waals surface area contributed by atoms with Crippen molar-refractivity contribution >= 4 is 11.8 Å². The molecule has 25 heavy (non-hydrogen) atoms. The molecule has 1 rings (SSSR count). The summed E-state index contributed by atoms with van der Waals surface area (Å²) < 4.78 is 29.5. The molecule has 0 aromatic heterocycles. The molecule has 0 aliphatic rings. The highest BCUT2D eigenvalue weighted by Crippen LogP contribution is 2.28. The minimum Gasteiger partial charge on any atom is -0.434 e. The molecule has 0 radical (unpaired) electrons. The Labute approximate surface area is 147 Å². The van der Waals surface area contributed by atoms with Gasteiger partial charge in [0.25, 0.3) is 0 Å². The molecule has 2 amide bonds. The van der Waals surface area contributed by atoms with Crippen LogP contribution < -0.4 is 15.4 Å². The van der Waals surface area contributed by atoms with Crippen molar-refractivity contribution in [2.45, 2.75) is 52.7 Å². The zero-order valence-electron chi connectivity index (χ0n) is 14.9. The summed E-state index contributed by atoms with van der Waals surface area (Å²) in [5, 5.41) is 5.30. The monoisotopic (exact) mass is 356 g/mol. The fourth-order valence-corrected chi connectivity index (χ4v) is 2.30. The molecule has 1 aromatic rings. The van der Waals surface area contributed by atoms with Crippen molar-refractivity contribution in [3.05, 3.63) is 29.8 Å². The Morgan fingerprint density at radius 3 is 2.44 bits per heavy atom. The standard InChI is InChI=1S/C18H26F2N2O3/c1-4-14(13-7-5-6-8-15(13)25-18(19)20)22-17(24)11-21-16(23)10-9-12(2)3/h5-8,12,14,18H,4,9-11H2,1-3H3,(H,21,23)(H,22,24). The summed E-state index contributed by atoms with van der Waals surface area (Å²) in [5.41, 5.74) is 0.477. The SMILES string of the molecule is CCC(NC(=O)CNC(=O)CCC(C)C)c1ccccc1OC(F)F. The maximum Gasteiger partial charge on any atom is 0.387 e. The van der Waals surface area contributed by atoms with Crippen LogP contribution in [0.4, 0.5) is 8.78 Å². The molecule has 7 heteroatoms. The first-order valence-electron chi connectivity index (χ1n) is 8.43. The average molecular weight is 356 g/mol. The van der Waals surface area contributed by atoms with Gasteiger partial charge in [0, 0.05) is 12.0 Å². The summed E-state index contributed by atoms with van der Waals surface area (Å²) in [7, 11) is 0. The number of ether oxygens (including phenoxy) is 1. The summed E-state index contributed by atoms with van der Waals surface area (Å²) in [6.07, 6.45) is 1.62. The molecule has 5 nitrogen and oxygen atoms in total. The Bertz CT molecular complexity index is 565. The van der Waals surface area contributed by atoms with E-state index in [2.05, 4.69) is 15.4 Å². The number of hydrogen-bond acceptors (Lipinski definition) is 3. The normalized spacial score (nSPS) is 12.1. The van der Waals surface area contributed by atoms with Gasteiger partial charge in [0.15, 0.2) is 0 Å². The zero-order valence-corrected chi connectivity index (χ0v) is 14.9. The van der Waals surface area contributed by atoms with Crippen LogP contribution in [0.25, 0.3) is 0 Å². The summed E-state index contributed by atoms with van der Waals surface area (Å²) in [4.78, 5) is 23.7. The third kappa shape index (κ3) is 7.96. The predicted molar refractivity (Wildman–Crippen MR) is 91.3 cm³/mol. The first kappa shape index (κ1) is 20.9. The second kappa shape index (κ2) is 10.6. The van der Waals surface area contributed by atoms with E-state index >= 15 is 0 Å². The topological polar surface area (TPSA) is 67.4 Å². The van der Waals surface area contributed by atoms with Crippen molar-refractivity contribution in [3.8, 4) is 5.75 Å². The first-order chi connectivity index (χ1) is 11.8. The number of nitrogens with one attached hydrogen (secondary N) is 2. The molecule has 1 atom stereocenters. The smallest absolute Gasteiger partial charge is 0.387 e. The lowest BCUT2D eigenvalue weighted by Crippen LogP contribution is -2.38. The van der Waals surface area contributed by atoms with E-state index in [1.807, 2.05) is 20.8 Å². The van der Waals surface area contributed by atoms with E-state index in [-0.39, 0.29) is 24.1 Å². The van der Waals surface area contributed by atoms with Gasteiger partial charge in [-0.3, -0.25) is 9.59 Å². The van der Waals surface area contributed by atoms with Gasteiger partial charge in [-0.15, -0.1) is 0 Å². The van der Waals surface area contributed by atoms with Gasteiger partial charge in [0.05, 0.1) is 12.6 Å². The van der Waals surface area contributed by atoms with E-state index < -0.39 is 12.7 Å². The molecule has 0 saturated heterocycles. The number of rotatable bonds is 10. The molecule has 140 valence electrons. The summed E-state index contributed by atoms with van der Waals surface area (Å²) in [6, 6.07) is 5.87. The van der Waals surface area contributed by atoms with Crippen LogP contribution in [0.3, 0.4) is 0 Å². The lowest BCUT2D eigenvalue weighted by molar-refractivity contribution is -0.126. The Hall–Kier alpha value is -2.18. The van der Waals surface area contributed by atoms with Gasteiger partial charge in [-0.05, 0) is 24.8 Å². The number of carbonyl (C=O) groups excluding carboxylic acids is 2. The van der Waals surface area contributed by atoms with Crippen LogP contribution in [0.2, 0.25) is 0 Å². The van der Waals surface area contributed by atoms with Gasteiger partial charge < -0.3 is 15.4 Å². The maximum atomic E-state index is 12.5. The van der Waals surface area contributed by atoms with E-state index in [0.29, 0.717) is 24.3 Å². The minimum atomic E-state index is -2.94. The number of benzene rings is 1. The van der Waals surface area contributed by atoms with Crippen LogP contribution in [0.5, 0.6) is 5.75 Å². The van der Waals surface area contributed by atoms with Crippen molar-refractivity contribution in [3.63, 3.8) is 0 Å². The van der Waals surface area contributed by atoms with Crippen molar-refractivity contribution in [1.29, 1.82) is 0 Å². The molecular weight excluding hydrogens is 330 g/mol. The second-order valence-electron chi connectivity index (χ2n) is 6.15. The molecule has 1 unspecified atom stereocenters. The van der Waals surface area contributed by atoms with Crippen molar-refractivity contribution in [2.24, 2.45) is 5.92 Å². The average Bonchev–Trinajstić information content (AvgIpc) is 2.56. The molecule has 0 spiro atoms. The van der Waals surface area contributed by atoms with Gasteiger partial charge >= 0.3 is 6.61 Å². The molecule has 0 aliphatic heterocycles. The summed E-state index contributed by atoms with van der Waals surface area (Å²) in [5.74, 6) is -0.115. The maximum absolute atomic E-state index is 12.5. The Morgan fingerprint density at radius 2 is 1.84 bits per heavy atom. The van der Waals surface area contributed by atoms with E-state index in [9.17, 15) is 18.4 Å². The molecule has 0 bridgehead atoms. The Kier molecular flexibility index (Phi) is 8.88. The van der Waals surface area contributed by atoms with Crippen molar-refractivity contribution in [1.82, 2.24) is 10.6 Å². The largest absolute Gasteiger partial charge is 0.434 e.